The van der Waals surface area contributed by atoms with Crippen LogP contribution in [0.3, 0.4) is 0 Å². The fourth-order valence-electron chi connectivity index (χ4n) is 1.31. The normalized spacial score (nSPS) is 10.3. The predicted octanol–water partition coefficient (Wildman–Crippen LogP) is 2.73. The van der Waals surface area contributed by atoms with E-state index in [2.05, 4.69) is 10.3 Å². The molecule has 0 radical (unpaired) electrons. The Morgan fingerprint density at radius 1 is 1.56 bits per heavy atom. The topological polar surface area (TPSA) is 55.1 Å². The van der Waals surface area contributed by atoms with Crippen molar-refractivity contribution in [2.24, 2.45) is 0 Å². The molecule has 84 valence electrons. The molecule has 0 aliphatic heterocycles. The molecule has 0 fully saturated rings. The van der Waals surface area contributed by atoms with Crippen LogP contribution in [0, 0.1) is 6.92 Å². The Hall–Kier alpha value is -1.62. The SMILES string of the molecule is Cc1ccc(C(=O)CCNc2cnco2)s1. The first-order valence-corrected chi connectivity index (χ1v) is 5.79. The summed E-state index contributed by atoms with van der Waals surface area (Å²) in [7, 11) is 0. The van der Waals surface area contributed by atoms with Crippen molar-refractivity contribution in [3.05, 3.63) is 34.5 Å². The number of thiophene rings is 1. The monoisotopic (exact) mass is 236 g/mol. The lowest BCUT2D eigenvalue weighted by Gasteiger charge is -2.00. The summed E-state index contributed by atoms with van der Waals surface area (Å²) in [6.07, 6.45) is 3.40. The van der Waals surface area contributed by atoms with Crippen LogP contribution >= 0.6 is 11.3 Å². The van der Waals surface area contributed by atoms with Crippen LogP contribution in [0.25, 0.3) is 0 Å². The number of nitrogens with one attached hydrogen (secondary N) is 1. The molecule has 0 aliphatic carbocycles. The molecule has 0 saturated heterocycles. The van der Waals surface area contributed by atoms with Crippen molar-refractivity contribution in [3.63, 3.8) is 0 Å². The van der Waals surface area contributed by atoms with Gasteiger partial charge >= 0.3 is 0 Å². The van der Waals surface area contributed by atoms with E-state index in [4.69, 9.17) is 4.42 Å². The Balaban J connectivity index is 1.80. The van der Waals surface area contributed by atoms with Crippen molar-refractivity contribution in [3.8, 4) is 0 Å². The highest BCUT2D eigenvalue weighted by Gasteiger charge is 2.07. The average Bonchev–Trinajstić information content (AvgIpc) is 2.89. The molecule has 2 aromatic heterocycles. The molecule has 1 N–H and O–H groups in total. The zero-order valence-electron chi connectivity index (χ0n) is 8.90. The minimum Gasteiger partial charge on any atom is -0.428 e. The molecular weight excluding hydrogens is 224 g/mol. The lowest BCUT2D eigenvalue weighted by atomic mass is 10.2. The molecule has 2 aromatic rings. The summed E-state index contributed by atoms with van der Waals surface area (Å²) < 4.78 is 4.99. The number of carbonyl (C=O) groups is 1. The summed E-state index contributed by atoms with van der Waals surface area (Å²) in [4.78, 5) is 17.5. The van der Waals surface area contributed by atoms with Gasteiger partial charge in [-0.2, -0.15) is 0 Å². The summed E-state index contributed by atoms with van der Waals surface area (Å²) in [6.45, 7) is 2.55. The van der Waals surface area contributed by atoms with E-state index in [0.29, 0.717) is 18.8 Å². The summed E-state index contributed by atoms with van der Waals surface area (Å²) in [6, 6.07) is 3.83. The van der Waals surface area contributed by atoms with E-state index in [1.165, 1.54) is 17.7 Å². The van der Waals surface area contributed by atoms with E-state index in [9.17, 15) is 4.79 Å². The molecule has 0 bridgehead atoms. The van der Waals surface area contributed by atoms with Gasteiger partial charge in [0.2, 0.25) is 5.88 Å². The number of aromatic nitrogens is 1. The number of carbonyl (C=O) groups excluding carboxylic acids is 1. The minimum atomic E-state index is 0.158. The summed E-state index contributed by atoms with van der Waals surface area (Å²) in [5.74, 6) is 0.750. The van der Waals surface area contributed by atoms with Gasteiger partial charge in [0.1, 0.15) is 0 Å². The van der Waals surface area contributed by atoms with Crippen LogP contribution < -0.4 is 5.32 Å². The van der Waals surface area contributed by atoms with Gasteiger partial charge in [-0.3, -0.25) is 4.79 Å². The molecule has 0 unspecified atom stereocenters. The Labute approximate surface area is 97.3 Å². The van der Waals surface area contributed by atoms with Gasteiger partial charge in [0.05, 0.1) is 11.1 Å². The minimum absolute atomic E-state index is 0.158. The number of oxazole rings is 1. The van der Waals surface area contributed by atoms with Crippen molar-refractivity contribution in [2.45, 2.75) is 13.3 Å². The van der Waals surface area contributed by atoms with Crippen LogP contribution in [0.5, 0.6) is 0 Å². The third kappa shape index (κ3) is 2.70. The molecule has 0 amide bonds. The molecular formula is C11H12N2O2S. The second-order valence-electron chi connectivity index (χ2n) is 3.38. The van der Waals surface area contributed by atoms with Gasteiger partial charge in [-0.05, 0) is 19.1 Å². The van der Waals surface area contributed by atoms with Crippen molar-refractivity contribution < 1.29 is 9.21 Å². The Morgan fingerprint density at radius 3 is 3.06 bits per heavy atom. The summed E-state index contributed by atoms with van der Waals surface area (Å²) in [5.41, 5.74) is 0. The van der Waals surface area contributed by atoms with Crippen LogP contribution in [-0.4, -0.2) is 17.3 Å². The van der Waals surface area contributed by atoms with Gasteiger partial charge in [-0.25, -0.2) is 4.98 Å². The standard InChI is InChI=1S/C11H12N2O2S/c1-8-2-3-10(16-8)9(14)4-5-13-11-6-12-7-15-11/h2-3,6-7,13H,4-5H2,1H3. The van der Waals surface area contributed by atoms with E-state index >= 15 is 0 Å². The van der Waals surface area contributed by atoms with Gasteiger partial charge in [0, 0.05) is 17.8 Å². The van der Waals surface area contributed by atoms with E-state index in [0.717, 1.165) is 9.75 Å². The number of hydrogen-bond donors (Lipinski definition) is 1. The van der Waals surface area contributed by atoms with Crippen molar-refractivity contribution in [1.82, 2.24) is 4.98 Å². The van der Waals surface area contributed by atoms with Crippen molar-refractivity contribution in [2.75, 3.05) is 11.9 Å². The smallest absolute Gasteiger partial charge is 0.213 e. The number of anilines is 1. The van der Waals surface area contributed by atoms with Crippen LogP contribution in [0.2, 0.25) is 0 Å². The number of rotatable bonds is 5. The quantitative estimate of drug-likeness (QED) is 0.811. The number of ketones is 1. The van der Waals surface area contributed by atoms with Crippen molar-refractivity contribution >= 4 is 23.0 Å². The average molecular weight is 236 g/mol. The van der Waals surface area contributed by atoms with Gasteiger partial charge in [-0.15, -0.1) is 11.3 Å². The maximum atomic E-state index is 11.7. The van der Waals surface area contributed by atoms with Crippen LogP contribution in [-0.2, 0) is 0 Å². The first kappa shape index (κ1) is 10.9. The highest BCUT2D eigenvalue weighted by Crippen LogP contribution is 2.16. The van der Waals surface area contributed by atoms with Gasteiger partial charge in [0.15, 0.2) is 12.2 Å². The fraction of sp³-hybridized carbons (Fsp3) is 0.273. The molecule has 0 aromatic carbocycles. The Bertz CT molecular complexity index is 462. The fourth-order valence-corrected chi connectivity index (χ4v) is 2.14. The number of hydrogen-bond acceptors (Lipinski definition) is 5. The lowest BCUT2D eigenvalue weighted by Crippen LogP contribution is -2.07. The molecule has 0 spiro atoms. The van der Waals surface area contributed by atoms with E-state index in [1.807, 2.05) is 19.1 Å². The molecule has 0 saturated carbocycles. The first-order chi connectivity index (χ1) is 7.75. The van der Waals surface area contributed by atoms with Gasteiger partial charge < -0.3 is 9.73 Å². The van der Waals surface area contributed by atoms with Crippen LogP contribution in [0.4, 0.5) is 5.88 Å². The van der Waals surface area contributed by atoms with Crippen LogP contribution in [0.15, 0.2) is 29.1 Å². The third-order valence-electron chi connectivity index (χ3n) is 2.10. The van der Waals surface area contributed by atoms with E-state index in [1.54, 1.807) is 6.20 Å². The van der Waals surface area contributed by atoms with E-state index < -0.39 is 0 Å². The summed E-state index contributed by atoms with van der Waals surface area (Å²) >= 11 is 1.53. The highest BCUT2D eigenvalue weighted by molar-refractivity contribution is 7.14. The summed E-state index contributed by atoms with van der Waals surface area (Å²) in [5, 5.41) is 2.99. The third-order valence-corrected chi connectivity index (χ3v) is 3.14. The largest absolute Gasteiger partial charge is 0.428 e. The predicted molar refractivity (Wildman–Crippen MR) is 63.0 cm³/mol. The molecule has 0 atom stereocenters. The molecule has 4 nitrogen and oxygen atoms in total. The van der Waals surface area contributed by atoms with Crippen molar-refractivity contribution in [1.29, 1.82) is 0 Å². The molecule has 16 heavy (non-hydrogen) atoms. The Morgan fingerprint density at radius 2 is 2.44 bits per heavy atom. The molecule has 2 heterocycles. The number of aryl methyl sites for hydroxylation is 1. The first-order valence-electron chi connectivity index (χ1n) is 4.98. The maximum absolute atomic E-state index is 11.7. The molecule has 5 heteroatoms. The number of Topliss-reactive ketones (excluding diaryl/α,β-unsaturated/α-hetero) is 1. The number of nitrogens with zero attached hydrogens (tertiary/aromatic N) is 1. The van der Waals surface area contributed by atoms with Gasteiger partial charge in [-0.1, -0.05) is 0 Å². The highest BCUT2D eigenvalue weighted by atomic mass is 32.1. The zero-order chi connectivity index (χ0) is 11.4. The molecule has 0 aliphatic rings. The molecule has 2 rings (SSSR count). The van der Waals surface area contributed by atoms with Gasteiger partial charge in [0.25, 0.3) is 0 Å². The lowest BCUT2D eigenvalue weighted by molar-refractivity contribution is 0.0990. The Kier molecular flexibility index (Phi) is 3.36. The second kappa shape index (κ2) is 4.94. The van der Waals surface area contributed by atoms with Crippen LogP contribution in [0.1, 0.15) is 21.0 Å². The zero-order valence-corrected chi connectivity index (χ0v) is 9.71. The second-order valence-corrected chi connectivity index (χ2v) is 4.66. The maximum Gasteiger partial charge on any atom is 0.213 e. The van der Waals surface area contributed by atoms with E-state index in [-0.39, 0.29) is 5.78 Å².